The van der Waals surface area contributed by atoms with Crippen LogP contribution in [0.2, 0.25) is 0 Å². The summed E-state index contributed by atoms with van der Waals surface area (Å²) >= 11 is 0. The third-order valence-corrected chi connectivity index (χ3v) is 1.99. The Morgan fingerprint density at radius 3 is 2.88 bits per heavy atom. The Kier molecular flexibility index (Phi) is 6.85. The summed E-state index contributed by atoms with van der Waals surface area (Å²) in [4.78, 5) is 0. The first-order chi connectivity index (χ1) is 3.91. The van der Waals surface area contributed by atoms with Gasteiger partial charge in [-0.3, -0.25) is 0 Å². The SMILES string of the molecule is CC=C[SiH2]OCCC. The molecule has 0 bridgehead atoms. The lowest BCUT2D eigenvalue weighted by Gasteiger charge is -1.93. The molecule has 0 aromatic rings. The van der Waals surface area contributed by atoms with Crippen molar-refractivity contribution >= 4 is 9.76 Å². The summed E-state index contributed by atoms with van der Waals surface area (Å²) in [5, 5.41) is 0. The molecule has 1 nitrogen and oxygen atoms in total. The minimum atomic E-state index is -0.280. The van der Waals surface area contributed by atoms with E-state index < -0.39 is 0 Å². The molecule has 0 atom stereocenters. The van der Waals surface area contributed by atoms with Crippen LogP contribution in [0.15, 0.2) is 11.8 Å². The van der Waals surface area contributed by atoms with Crippen molar-refractivity contribution in [1.29, 1.82) is 0 Å². The molecule has 0 aromatic carbocycles. The quantitative estimate of drug-likeness (QED) is 0.408. The zero-order valence-corrected chi connectivity index (χ0v) is 7.10. The first-order valence-electron chi connectivity index (χ1n) is 3.10. The summed E-state index contributed by atoms with van der Waals surface area (Å²) in [6.45, 7) is 5.10. The van der Waals surface area contributed by atoms with Gasteiger partial charge in [0.1, 0.15) is 0 Å². The van der Waals surface area contributed by atoms with Crippen LogP contribution in [0.25, 0.3) is 0 Å². The van der Waals surface area contributed by atoms with Gasteiger partial charge in [-0.1, -0.05) is 18.7 Å². The average molecular weight is 130 g/mol. The molecule has 2 heteroatoms. The van der Waals surface area contributed by atoms with Gasteiger partial charge in [-0.25, -0.2) is 0 Å². The third kappa shape index (κ3) is 5.92. The highest BCUT2D eigenvalue weighted by molar-refractivity contribution is 6.34. The van der Waals surface area contributed by atoms with Gasteiger partial charge in [0.25, 0.3) is 0 Å². The Hall–Kier alpha value is -0.0831. The van der Waals surface area contributed by atoms with Crippen LogP contribution in [0.3, 0.4) is 0 Å². The Morgan fingerprint density at radius 2 is 2.38 bits per heavy atom. The molecule has 0 aliphatic rings. The van der Waals surface area contributed by atoms with Crippen LogP contribution >= 0.6 is 0 Å². The minimum absolute atomic E-state index is 0.280. The summed E-state index contributed by atoms with van der Waals surface area (Å²) in [5.74, 6) is 0. The fraction of sp³-hybridized carbons (Fsp3) is 0.667. The Morgan fingerprint density at radius 1 is 1.62 bits per heavy atom. The first kappa shape index (κ1) is 7.92. The molecular formula is C6H14OSi. The maximum atomic E-state index is 5.28. The number of hydrogen-bond donors (Lipinski definition) is 0. The minimum Gasteiger partial charge on any atom is -0.419 e. The molecule has 0 radical (unpaired) electrons. The standard InChI is InChI=1S/C6H14OSi/c1-3-5-7-8-6-4-2/h4,6H,3,5,8H2,1-2H3. The second-order valence-corrected chi connectivity index (χ2v) is 2.86. The van der Waals surface area contributed by atoms with Crippen molar-refractivity contribution in [2.45, 2.75) is 20.3 Å². The van der Waals surface area contributed by atoms with Gasteiger partial charge in [-0.15, -0.1) is 0 Å². The van der Waals surface area contributed by atoms with E-state index in [2.05, 4.69) is 18.7 Å². The highest BCUT2D eigenvalue weighted by atomic mass is 28.2. The number of allylic oxidation sites excluding steroid dienone is 1. The van der Waals surface area contributed by atoms with Crippen molar-refractivity contribution < 1.29 is 4.43 Å². The van der Waals surface area contributed by atoms with Crippen molar-refractivity contribution in [3.63, 3.8) is 0 Å². The van der Waals surface area contributed by atoms with Gasteiger partial charge in [0.05, 0.1) is 0 Å². The number of hydrogen-bond acceptors (Lipinski definition) is 1. The fourth-order valence-electron chi connectivity index (χ4n) is 0.392. The largest absolute Gasteiger partial charge is 0.419 e. The Labute approximate surface area is 53.7 Å². The number of rotatable bonds is 4. The maximum Gasteiger partial charge on any atom is 0.184 e. The third-order valence-electron chi connectivity index (χ3n) is 0.798. The van der Waals surface area contributed by atoms with E-state index >= 15 is 0 Å². The molecule has 0 rings (SSSR count). The molecule has 8 heavy (non-hydrogen) atoms. The van der Waals surface area contributed by atoms with Crippen molar-refractivity contribution in [1.82, 2.24) is 0 Å². The summed E-state index contributed by atoms with van der Waals surface area (Å²) in [6.07, 6.45) is 3.20. The van der Waals surface area contributed by atoms with Crippen LogP contribution in [-0.4, -0.2) is 16.4 Å². The van der Waals surface area contributed by atoms with E-state index in [1.54, 1.807) is 0 Å². The van der Waals surface area contributed by atoms with Crippen molar-refractivity contribution in [3.8, 4) is 0 Å². The van der Waals surface area contributed by atoms with E-state index in [0.717, 1.165) is 13.0 Å². The highest BCUT2D eigenvalue weighted by Gasteiger charge is 1.77. The topological polar surface area (TPSA) is 9.23 Å². The van der Waals surface area contributed by atoms with Gasteiger partial charge >= 0.3 is 0 Å². The molecule has 0 saturated heterocycles. The predicted molar refractivity (Wildman–Crippen MR) is 39.6 cm³/mol. The molecule has 48 valence electrons. The normalized spacial score (nSPS) is 12.2. The summed E-state index contributed by atoms with van der Waals surface area (Å²) in [7, 11) is -0.280. The predicted octanol–water partition coefficient (Wildman–Crippen LogP) is 1.03. The summed E-state index contributed by atoms with van der Waals surface area (Å²) in [5.41, 5.74) is 2.15. The van der Waals surface area contributed by atoms with Crippen LogP contribution in [0.5, 0.6) is 0 Å². The van der Waals surface area contributed by atoms with E-state index in [1.807, 2.05) is 6.92 Å². The van der Waals surface area contributed by atoms with Crippen LogP contribution in [0.4, 0.5) is 0 Å². The molecule has 0 aliphatic heterocycles. The molecule has 0 saturated carbocycles. The van der Waals surface area contributed by atoms with Gasteiger partial charge in [0, 0.05) is 6.61 Å². The smallest absolute Gasteiger partial charge is 0.184 e. The molecular weight excluding hydrogens is 116 g/mol. The van der Waals surface area contributed by atoms with Crippen LogP contribution < -0.4 is 0 Å². The molecule has 0 amide bonds. The molecule has 0 heterocycles. The second kappa shape index (κ2) is 6.92. The van der Waals surface area contributed by atoms with E-state index in [4.69, 9.17) is 4.43 Å². The van der Waals surface area contributed by atoms with Gasteiger partial charge < -0.3 is 4.43 Å². The van der Waals surface area contributed by atoms with E-state index in [1.165, 1.54) is 0 Å². The first-order valence-corrected chi connectivity index (χ1v) is 4.50. The van der Waals surface area contributed by atoms with Gasteiger partial charge in [0.15, 0.2) is 9.76 Å². The van der Waals surface area contributed by atoms with Gasteiger partial charge in [-0.05, 0) is 13.3 Å². The zero-order chi connectivity index (χ0) is 6.24. The van der Waals surface area contributed by atoms with Crippen LogP contribution in [0, 0.1) is 0 Å². The summed E-state index contributed by atoms with van der Waals surface area (Å²) in [6, 6.07) is 0. The van der Waals surface area contributed by atoms with E-state index in [9.17, 15) is 0 Å². The molecule has 0 aliphatic carbocycles. The van der Waals surface area contributed by atoms with Crippen molar-refractivity contribution in [2.24, 2.45) is 0 Å². The van der Waals surface area contributed by atoms with Gasteiger partial charge in [0.2, 0.25) is 0 Å². The van der Waals surface area contributed by atoms with E-state index in [-0.39, 0.29) is 9.76 Å². The fourth-order valence-corrected chi connectivity index (χ4v) is 1.18. The lowest BCUT2D eigenvalue weighted by Crippen LogP contribution is -1.95. The Bertz CT molecular complexity index is 61.5. The van der Waals surface area contributed by atoms with Crippen molar-refractivity contribution in [2.75, 3.05) is 6.61 Å². The molecule has 0 spiro atoms. The van der Waals surface area contributed by atoms with Crippen LogP contribution in [-0.2, 0) is 4.43 Å². The van der Waals surface area contributed by atoms with Crippen molar-refractivity contribution in [3.05, 3.63) is 11.8 Å². The molecule has 0 N–H and O–H groups in total. The second-order valence-electron chi connectivity index (χ2n) is 1.64. The highest BCUT2D eigenvalue weighted by Crippen LogP contribution is 1.77. The lowest BCUT2D eigenvalue weighted by atomic mass is 10.5. The monoisotopic (exact) mass is 130 g/mol. The molecule has 0 unspecified atom stereocenters. The summed E-state index contributed by atoms with van der Waals surface area (Å²) < 4.78 is 5.28. The zero-order valence-electron chi connectivity index (χ0n) is 5.68. The maximum absolute atomic E-state index is 5.28. The average Bonchev–Trinajstić information content (AvgIpc) is 1.81. The lowest BCUT2D eigenvalue weighted by molar-refractivity contribution is 0.341. The van der Waals surface area contributed by atoms with Gasteiger partial charge in [-0.2, -0.15) is 0 Å². The Balaban J connectivity index is 2.72. The molecule has 0 aromatic heterocycles. The molecule has 0 fully saturated rings. The van der Waals surface area contributed by atoms with Crippen LogP contribution in [0.1, 0.15) is 20.3 Å². The van der Waals surface area contributed by atoms with E-state index in [0.29, 0.717) is 0 Å².